The summed E-state index contributed by atoms with van der Waals surface area (Å²) in [7, 11) is -0.916. The van der Waals surface area contributed by atoms with Gasteiger partial charge in [0.25, 0.3) is 0 Å². The van der Waals surface area contributed by atoms with Crippen LogP contribution in [0.1, 0.15) is 12.5 Å². The second kappa shape index (κ2) is 7.91. The van der Waals surface area contributed by atoms with E-state index in [-0.39, 0.29) is 19.0 Å². The van der Waals surface area contributed by atoms with Crippen LogP contribution in [-0.2, 0) is 20.8 Å². The van der Waals surface area contributed by atoms with E-state index in [1.807, 2.05) is 0 Å². The average Bonchev–Trinajstić information content (AvgIpc) is 3.01. The molecule has 1 N–H and O–H groups in total. The van der Waals surface area contributed by atoms with Crippen molar-refractivity contribution in [3.05, 3.63) is 53.4 Å². The van der Waals surface area contributed by atoms with Crippen LogP contribution in [0.5, 0.6) is 17.2 Å². The highest BCUT2D eigenvalue weighted by molar-refractivity contribution is 6.61. The van der Waals surface area contributed by atoms with E-state index in [0.29, 0.717) is 29.3 Å². The fraction of sp³-hybridized carbons (Fsp3) is 0.222. The standard InChI is InChI=1S/C18H16BNO6/c1-3-23-18(21)11-24-17-9-13(20-2)4-7-16(17)26-14-5-6-15-12(8-14)10-25-19(15)22/h4-9,22H,3,10-11H2,1H3. The molecule has 0 spiro atoms. The van der Waals surface area contributed by atoms with Crippen LogP contribution < -0.4 is 14.9 Å². The van der Waals surface area contributed by atoms with Gasteiger partial charge in [-0.05, 0) is 42.2 Å². The largest absolute Gasteiger partial charge is 0.491 e. The number of benzene rings is 2. The minimum Gasteiger partial charge on any atom is -0.479 e. The summed E-state index contributed by atoms with van der Waals surface area (Å²) in [5.74, 6) is 0.651. The SMILES string of the molecule is [C-]#[N+]c1ccc(Oc2ccc3c(c2)COB3O)c(OCC(=O)OCC)c1. The number of carbonyl (C=O) groups is 1. The van der Waals surface area contributed by atoms with Crippen LogP contribution in [0.25, 0.3) is 4.85 Å². The van der Waals surface area contributed by atoms with Crippen molar-refractivity contribution in [2.45, 2.75) is 13.5 Å². The predicted octanol–water partition coefficient (Wildman–Crippen LogP) is 2.19. The maximum atomic E-state index is 11.5. The molecule has 0 fully saturated rings. The molecule has 0 aliphatic carbocycles. The van der Waals surface area contributed by atoms with Crippen LogP contribution in [0.2, 0.25) is 0 Å². The third kappa shape index (κ3) is 3.96. The Hall–Kier alpha value is -3.02. The first kappa shape index (κ1) is 17.8. The zero-order chi connectivity index (χ0) is 18.5. The van der Waals surface area contributed by atoms with E-state index in [1.54, 1.807) is 37.3 Å². The summed E-state index contributed by atoms with van der Waals surface area (Å²) >= 11 is 0. The zero-order valence-electron chi connectivity index (χ0n) is 14.1. The molecule has 0 saturated carbocycles. The topological polar surface area (TPSA) is 78.6 Å². The van der Waals surface area contributed by atoms with Gasteiger partial charge < -0.3 is 23.9 Å². The number of nitrogens with zero attached hydrogens (tertiary/aromatic N) is 1. The normalized spacial score (nSPS) is 12.3. The van der Waals surface area contributed by atoms with Crippen LogP contribution >= 0.6 is 0 Å². The molecule has 0 atom stereocenters. The minimum absolute atomic E-state index is 0.261. The van der Waals surface area contributed by atoms with Gasteiger partial charge in [-0.15, -0.1) is 0 Å². The Morgan fingerprint density at radius 1 is 1.31 bits per heavy atom. The molecular weight excluding hydrogens is 337 g/mol. The maximum absolute atomic E-state index is 11.5. The van der Waals surface area contributed by atoms with Crippen molar-refractivity contribution in [3.63, 3.8) is 0 Å². The highest BCUT2D eigenvalue weighted by Gasteiger charge is 2.27. The number of rotatable bonds is 6. The fourth-order valence-electron chi connectivity index (χ4n) is 2.50. The lowest BCUT2D eigenvalue weighted by Gasteiger charge is -2.13. The molecule has 0 unspecified atom stereocenters. The monoisotopic (exact) mass is 353 g/mol. The molecule has 8 heteroatoms. The van der Waals surface area contributed by atoms with E-state index in [4.69, 9.17) is 25.4 Å². The van der Waals surface area contributed by atoms with Crippen LogP contribution in [0.3, 0.4) is 0 Å². The molecule has 0 radical (unpaired) electrons. The molecule has 0 bridgehead atoms. The van der Waals surface area contributed by atoms with Gasteiger partial charge in [0.05, 0.1) is 19.8 Å². The van der Waals surface area contributed by atoms with Crippen molar-refractivity contribution in [3.8, 4) is 17.2 Å². The van der Waals surface area contributed by atoms with Crippen molar-refractivity contribution >= 4 is 24.2 Å². The highest BCUT2D eigenvalue weighted by Crippen LogP contribution is 2.35. The van der Waals surface area contributed by atoms with Gasteiger partial charge in [0.15, 0.2) is 23.8 Å². The smallest absolute Gasteiger partial charge is 0.479 e. The quantitative estimate of drug-likeness (QED) is 0.487. The first-order valence-electron chi connectivity index (χ1n) is 8.01. The molecule has 0 aromatic heterocycles. The van der Waals surface area contributed by atoms with E-state index in [0.717, 1.165) is 5.56 Å². The Bertz CT molecular complexity index is 863. The highest BCUT2D eigenvalue weighted by atomic mass is 16.6. The lowest BCUT2D eigenvalue weighted by molar-refractivity contribution is -0.145. The van der Waals surface area contributed by atoms with Crippen molar-refractivity contribution < 1.29 is 28.7 Å². The molecule has 1 heterocycles. The second-order valence-corrected chi connectivity index (χ2v) is 5.46. The Morgan fingerprint density at radius 2 is 2.15 bits per heavy atom. The molecule has 2 aromatic rings. The molecule has 7 nitrogen and oxygen atoms in total. The van der Waals surface area contributed by atoms with Gasteiger partial charge in [-0.25, -0.2) is 9.64 Å². The van der Waals surface area contributed by atoms with E-state index < -0.39 is 13.1 Å². The summed E-state index contributed by atoms with van der Waals surface area (Å²) in [6.07, 6.45) is 0. The van der Waals surface area contributed by atoms with Crippen LogP contribution in [-0.4, -0.2) is 31.3 Å². The summed E-state index contributed by atoms with van der Waals surface area (Å²) < 4.78 is 21.3. The van der Waals surface area contributed by atoms with Crippen LogP contribution in [0.4, 0.5) is 5.69 Å². The van der Waals surface area contributed by atoms with Gasteiger partial charge in [-0.3, -0.25) is 0 Å². The third-order valence-corrected chi connectivity index (χ3v) is 3.71. The van der Waals surface area contributed by atoms with E-state index in [9.17, 15) is 9.82 Å². The summed E-state index contributed by atoms with van der Waals surface area (Å²) in [6, 6.07) is 9.90. The van der Waals surface area contributed by atoms with Crippen molar-refractivity contribution in [1.29, 1.82) is 0 Å². The number of ether oxygens (including phenoxy) is 3. The number of fused-ring (bicyclic) bond motifs is 1. The molecule has 1 aliphatic heterocycles. The Kier molecular flexibility index (Phi) is 5.41. The molecule has 2 aromatic carbocycles. The van der Waals surface area contributed by atoms with E-state index in [2.05, 4.69) is 4.85 Å². The molecule has 132 valence electrons. The van der Waals surface area contributed by atoms with Crippen molar-refractivity contribution in [2.24, 2.45) is 0 Å². The van der Waals surface area contributed by atoms with Gasteiger partial charge in [0.2, 0.25) is 0 Å². The van der Waals surface area contributed by atoms with Gasteiger partial charge in [-0.1, -0.05) is 12.1 Å². The van der Waals surface area contributed by atoms with Crippen LogP contribution in [0.15, 0.2) is 36.4 Å². The van der Waals surface area contributed by atoms with Gasteiger partial charge in [-0.2, -0.15) is 0 Å². The lowest BCUT2D eigenvalue weighted by atomic mass is 9.80. The molecular formula is C18H16BNO6. The zero-order valence-corrected chi connectivity index (χ0v) is 14.1. The number of hydrogen-bond donors (Lipinski definition) is 1. The summed E-state index contributed by atoms with van der Waals surface area (Å²) in [5.41, 5.74) is 1.91. The first-order valence-corrected chi connectivity index (χ1v) is 8.01. The lowest BCUT2D eigenvalue weighted by Crippen LogP contribution is -2.27. The van der Waals surface area contributed by atoms with E-state index >= 15 is 0 Å². The molecule has 0 saturated heterocycles. The fourth-order valence-corrected chi connectivity index (χ4v) is 2.50. The summed E-state index contributed by atoms with van der Waals surface area (Å²) in [6.45, 7) is 9.11. The minimum atomic E-state index is -0.916. The number of carbonyl (C=O) groups excluding carboxylic acids is 1. The second-order valence-electron chi connectivity index (χ2n) is 5.46. The van der Waals surface area contributed by atoms with Gasteiger partial charge in [0, 0.05) is 0 Å². The number of esters is 1. The molecule has 0 amide bonds. The average molecular weight is 353 g/mol. The summed E-state index contributed by atoms with van der Waals surface area (Å²) in [5, 5.41) is 9.67. The molecule has 26 heavy (non-hydrogen) atoms. The maximum Gasteiger partial charge on any atom is 0.491 e. The first-order chi connectivity index (χ1) is 12.6. The number of hydrogen-bond acceptors (Lipinski definition) is 6. The molecule has 1 aliphatic rings. The van der Waals surface area contributed by atoms with Crippen LogP contribution in [0, 0.1) is 6.57 Å². The van der Waals surface area contributed by atoms with Crippen molar-refractivity contribution in [2.75, 3.05) is 13.2 Å². The van der Waals surface area contributed by atoms with E-state index in [1.165, 1.54) is 6.07 Å². The van der Waals surface area contributed by atoms with Crippen molar-refractivity contribution in [1.82, 2.24) is 0 Å². The van der Waals surface area contributed by atoms with Gasteiger partial charge in [0.1, 0.15) is 5.75 Å². The summed E-state index contributed by atoms with van der Waals surface area (Å²) in [4.78, 5) is 14.9. The third-order valence-electron chi connectivity index (χ3n) is 3.71. The Labute approximate surface area is 151 Å². The van der Waals surface area contributed by atoms with Gasteiger partial charge >= 0.3 is 13.1 Å². The predicted molar refractivity (Wildman–Crippen MR) is 93.7 cm³/mol. The Balaban J connectivity index is 1.80. The Morgan fingerprint density at radius 3 is 2.92 bits per heavy atom. The molecule has 3 rings (SSSR count).